The summed E-state index contributed by atoms with van der Waals surface area (Å²) >= 11 is 0. The molecule has 13 heteroatoms. The van der Waals surface area contributed by atoms with Gasteiger partial charge in [-0.05, 0) is 60.4 Å². The number of aliphatic hydroxyl groups is 1. The van der Waals surface area contributed by atoms with Crippen LogP contribution in [0.15, 0.2) is 72.9 Å². The molecule has 1 saturated heterocycles. The van der Waals surface area contributed by atoms with Gasteiger partial charge >= 0.3 is 17.9 Å². The van der Waals surface area contributed by atoms with Crippen LogP contribution in [0.5, 0.6) is 5.75 Å². The Hall–Kier alpha value is -4.88. The Labute approximate surface area is 259 Å². The lowest BCUT2D eigenvalue weighted by atomic mass is 9.80. The minimum atomic E-state index is -2.74. The molecule has 0 aliphatic carbocycles. The second-order valence-corrected chi connectivity index (χ2v) is 10.8. The number of amides is 1. The minimum absolute atomic E-state index is 0.0690. The summed E-state index contributed by atoms with van der Waals surface area (Å²) < 4.78 is 19.3. The molecule has 45 heavy (non-hydrogen) atoms. The summed E-state index contributed by atoms with van der Waals surface area (Å²) in [5.74, 6) is -4.53. The van der Waals surface area contributed by atoms with E-state index in [0.29, 0.717) is 6.61 Å². The third-order valence-corrected chi connectivity index (χ3v) is 7.22. The number of carbonyl (C=O) groups excluding carboxylic acids is 1. The number of piperidine rings is 1. The van der Waals surface area contributed by atoms with Gasteiger partial charge < -0.3 is 30.5 Å². The van der Waals surface area contributed by atoms with E-state index < -0.39 is 41.9 Å². The molecule has 1 aliphatic rings. The van der Waals surface area contributed by atoms with Crippen LogP contribution in [-0.4, -0.2) is 72.8 Å². The quantitative estimate of drug-likeness (QED) is 0.199. The molecule has 4 rings (SSSR count). The van der Waals surface area contributed by atoms with Crippen molar-refractivity contribution < 1.29 is 48.7 Å². The van der Waals surface area contributed by atoms with Crippen LogP contribution in [0.2, 0.25) is 0 Å². The molecular weight excluding hydrogens is 589 g/mol. The summed E-state index contributed by atoms with van der Waals surface area (Å²) in [5.41, 5.74) is -0.165. The van der Waals surface area contributed by atoms with Gasteiger partial charge in [-0.25, -0.2) is 9.18 Å². The molecule has 0 atom stereocenters. The van der Waals surface area contributed by atoms with E-state index in [1.807, 2.05) is 30.3 Å². The average Bonchev–Trinajstić information content (AvgIpc) is 2.97. The number of hydrogen-bond donors (Lipinski definition) is 5. The van der Waals surface area contributed by atoms with E-state index in [4.69, 9.17) is 25.2 Å². The molecular formula is C32H36FN3O9. The first-order chi connectivity index (χ1) is 21.3. The normalized spacial score (nSPS) is 14.4. The first-order valence-electron chi connectivity index (χ1n) is 14.1. The van der Waals surface area contributed by atoms with Crippen molar-refractivity contribution in [1.82, 2.24) is 15.2 Å². The highest BCUT2D eigenvalue weighted by Gasteiger charge is 2.41. The lowest BCUT2D eigenvalue weighted by Crippen LogP contribution is -2.52. The molecule has 1 aromatic heterocycles. The first kappa shape index (κ1) is 34.6. The Bertz CT molecular complexity index is 1440. The molecule has 5 N–H and O–H groups in total. The zero-order valence-electron chi connectivity index (χ0n) is 24.7. The van der Waals surface area contributed by atoms with Crippen LogP contribution < -0.4 is 10.1 Å². The van der Waals surface area contributed by atoms with Crippen LogP contribution in [-0.2, 0) is 37.9 Å². The summed E-state index contributed by atoms with van der Waals surface area (Å²) in [5, 5.41) is 37.0. The van der Waals surface area contributed by atoms with E-state index in [1.54, 1.807) is 18.3 Å². The van der Waals surface area contributed by atoms with E-state index in [9.17, 15) is 23.6 Å². The number of carbonyl (C=O) groups is 4. The molecule has 0 bridgehead atoms. The van der Waals surface area contributed by atoms with Crippen LogP contribution in [0, 0.1) is 5.82 Å². The number of aliphatic carboxylic acids is 3. The van der Waals surface area contributed by atoms with Crippen molar-refractivity contribution in [2.75, 3.05) is 13.1 Å². The molecule has 2 aromatic carbocycles. The predicted molar refractivity (Wildman–Crippen MR) is 159 cm³/mol. The number of rotatable bonds is 12. The van der Waals surface area contributed by atoms with Crippen molar-refractivity contribution in [1.29, 1.82) is 0 Å². The number of nitrogens with zero attached hydrogens (tertiary/aromatic N) is 2. The zero-order chi connectivity index (χ0) is 33.0. The van der Waals surface area contributed by atoms with Crippen LogP contribution in [0.1, 0.15) is 49.4 Å². The van der Waals surface area contributed by atoms with Gasteiger partial charge in [-0.2, -0.15) is 0 Å². The van der Waals surface area contributed by atoms with Crippen LogP contribution in [0.25, 0.3) is 0 Å². The Balaban J connectivity index is 0.000000360. The van der Waals surface area contributed by atoms with Gasteiger partial charge in [0, 0.05) is 32.8 Å². The van der Waals surface area contributed by atoms with E-state index >= 15 is 0 Å². The fourth-order valence-corrected chi connectivity index (χ4v) is 5.03. The number of halogens is 1. The maximum absolute atomic E-state index is 13.4. The maximum atomic E-state index is 13.4. The molecule has 3 aromatic rings. The standard InChI is InChI=1S/C26H28FN3O2.C6H8O7/c1-20(31)29-26(22-8-10-23(27)11-9-22)12-15-30(16-13-26)18-21-5-4-7-25(17-21)32-19-24-6-2-3-14-28-24;7-3(8)1-6(13,5(11)12)2-4(9)10/h2-11,14,17H,12-13,15-16,18-19H2,1H3,(H,29,31);13H,1-2H2,(H,7,8)(H,9,10)(H,11,12). The highest BCUT2D eigenvalue weighted by Crippen LogP contribution is 2.34. The van der Waals surface area contributed by atoms with Gasteiger partial charge in [0.1, 0.15) is 18.2 Å². The molecule has 1 aliphatic heterocycles. The Morgan fingerprint density at radius 2 is 1.60 bits per heavy atom. The molecule has 12 nitrogen and oxygen atoms in total. The number of ether oxygens (including phenoxy) is 1. The van der Waals surface area contributed by atoms with Crippen LogP contribution in [0.3, 0.4) is 0 Å². The number of hydrogen-bond acceptors (Lipinski definition) is 8. The van der Waals surface area contributed by atoms with Crippen molar-refractivity contribution in [2.45, 2.75) is 56.9 Å². The number of aromatic nitrogens is 1. The second-order valence-electron chi connectivity index (χ2n) is 10.8. The maximum Gasteiger partial charge on any atom is 0.336 e. The fraction of sp³-hybridized carbons (Fsp3) is 0.344. The summed E-state index contributed by atoms with van der Waals surface area (Å²) in [6, 6.07) is 20.4. The van der Waals surface area contributed by atoms with Crippen molar-refractivity contribution in [3.05, 3.63) is 95.6 Å². The molecule has 0 saturated carbocycles. The highest BCUT2D eigenvalue weighted by molar-refractivity contribution is 5.88. The van der Waals surface area contributed by atoms with Gasteiger partial charge in [-0.3, -0.25) is 24.3 Å². The Kier molecular flexibility index (Phi) is 12.1. The molecule has 1 fully saturated rings. The van der Waals surface area contributed by atoms with E-state index in [1.165, 1.54) is 24.6 Å². The Morgan fingerprint density at radius 1 is 0.956 bits per heavy atom. The van der Waals surface area contributed by atoms with Crippen LogP contribution >= 0.6 is 0 Å². The number of benzene rings is 2. The number of likely N-dealkylation sites (tertiary alicyclic amines) is 1. The largest absolute Gasteiger partial charge is 0.487 e. The third-order valence-electron chi connectivity index (χ3n) is 7.22. The second kappa shape index (κ2) is 15.7. The average molecular weight is 626 g/mol. The topological polar surface area (TPSA) is 187 Å². The lowest BCUT2D eigenvalue weighted by Gasteiger charge is -2.42. The summed E-state index contributed by atoms with van der Waals surface area (Å²) in [6.45, 7) is 4.44. The van der Waals surface area contributed by atoms with Crippen molar-refractivity contribution in [3.63, 3.8) is 0 Å². The zero-order valence-corrected chi connectivity index (χ0v) is 24.7. The lowest BCUT2D eigenvalue weighted by molar-refractivity contribution is -0.170. The van der Waals surface area contributed by atoms with E-state index in [2.05, 4.69) is 27.3 Å². The predicted octanol–water partition coefficient (Wildman–Crippen LogP) is 3.18. The number of pyridine rings is 1. The van der Waals surface area contributed by atoms with Gasteiger partial charge in [-0.1, -0.05) is 30.3 Å². The van der Waals surface area contributed by atoms with E-state index in [0.717, 1.165) is 49.5 Å². The summed E-state index contributed by atoms with van der Waals surface area (Å²) in [7, 11) is 0. The molecule has 0 radical (unpaired) electrons. The first-order valence-corrected chi connectivity index (χ1v) is 14.1. The molecule has 0 unspecified atom stereocenters. The van der Waals surface area contributed by atoms with Crippen molar-refractivity contribution in [3.8, 4) is 5.75 Å². The summed E-state index contributed by atoms with van der Waals surface area (Å²) in [4.78, 5) is 49.1. The minimum Gasteiger partial charge on any atom is -0.487 e. The Morgan fingerprint density at radius 3 is 2.13 bits per heavy atom. The van der Waals surface area contributed by atoms with E-state index in [-0.39, 0.29) is 11.7 Å². The smallest absolute Gasteiger partial charge is 0.336 e. The number of carboxylic acids is 3. The van der Waals surface area contributed by atoms with Crippen molar-refractivity contribution in [2.24, 2.45) is 0 Å². The van der Waals surface area contributed by atoms with Gasteiger partial charge in [0.05, 0.1) is 24.1 Å². The van der Waals surface area contributed by atoms with Gasteiger partial charge in [-0.15, -0.1) is 0 Å². The van der Waals surface area contributed by atoms with Gasteiger partial charge in [0.25, 0.3) is 0 Å². The number of nitrogens with one attached hydrogen (secondary N) is 1. The monoisotopic (exact) mass is 625 g/mol. The molecule has 1 amide bonds. The fourth-order valence-electron chi connectivity index (χ4n) is 5.03. The van der Waals surface area contributed by atoms with Crippen LogP contribution in [0.4, 0.5) is 4.39 Å². The number of carboxylic acid groups (broad SMARTS) is 3. The van der Waals surface area contributed by atoms with Gasteiger partial charge in [0.2, 0.25) is 5.91 Å². The molecule has 2 heterocycles. The molecule has 0 spiro atoms. The molecule has 240 valence electrons. The highest BCUT2D eigenvalue weighted by atomic mass is 19.1. The summed E-state index contributed by atoms with van der Waals surface area (Å²) in [6.07, 6.45) is 1.02. The van der Waals surface area contributed by atoms with Crippen molar-refractivity contribution >= 4 is 23.8 Å². The van der Waals surface area contributed by atoms with Gasteiger partial charge in [0.15, 0.2) is 5.60 Å². The SMILES string of the molecule is CC(=O)NC1(c2ccc(F)cc2)CCN(Cc2cccc(OCc3ccccn3)c2)CC1.O=C(O)CC(O)(CC(=O)O)C(=O)O. The third kappa shape index (κ3) is 10.7.